The van der Waals surface area contributed by atoms with Crippen LogP contribution in [0.2, 0.25) is 0 Å². The van der Waals surface area contributed by atoms with Crippen LogP contribution in [0.3, 0.4) is 0 Å². The van der Waals surface area contributed by atoms with E-state index in [1.807, 2.05) is 60.7 Å². The van der Waals surface area contributed by atoms with E-state index in [2.05, 4.69) is 15.9 Å². The number of hydrogen-bond donors (Lipinski definition) is 0. The van der Waals surface area contributed by atoms with E-state index in [1.165, 1.54) is 0 Å². The van der Waals surface area contributed by atoms with Crippen molar-refractivity contribution in [1.29, 1.82) is 0 Å². The average molecular weight is 397 g/mol. The monoisotopic (exact) mass is 396 g/mol. The minimum Gasteiger partial charge on any atom is -0.489 e. The van der Waals surface area contributed by atoms with Gasteiger partial charge in [0.1, 0.15) is 24.7 Å². The van der Waals surface area contributed by atoms with E-state index >= 15 is 0 Å². The van der Waals surface area contributed by atoms with Crippen molar-refractivity contribution in [3.8, 4) is 11.5 Å². The molecule has 3 rings (SSSR count). The van der Waals surface area contributed by atoms with Crippen LogP contribution in [-0.4, -0.2) is 6.29 Å². The molecule has 3 aromatic carbocycles. The molecule has 0 N–H and O–H groups in total. The largest absolute Gasteiger partial charge is 0.489 e. The molecule has 0 spiro atoms. The number of ether oxygens (including phenoxy) is 2. The van der Waals surface area contributed by atoms with Gasteiger partial charge in [-0.2, -0.15) is 0 Å². The Hall–Kier alpha value is -2.59. The molecule has 25 heavy (non-hydrogen) atoms. The number of halogens is 1. The fraction of sp³-hybridized carbons (Fsp3) is 0.0952. The summed E-state index contributed by atoms with van der Waals surface area (Å²) in [5.41, 5.74) is 2.61. The highest BCUT2D eigenvalue weighted by Crippen LogP contribution is 2.33. The van der Waals surface area contributed by atoms with Crippen molar-refractivity contribution in [2.45, 2.75) is 13.2 Å². The van der Waals surface area contributed by atoms with Gasteiger partial charge in [-0.3, -0.25) is 4.79 Å². The summed E-state index contributed by atoms with van der Waals surface area (Å²) in [6.07, 6.45) is 0.787. The first-order valence-electron chi connectivity index (χ1n) is 7.88. The number of benzene rings is 3. The zero-order valence-electron chi connectivity index (χ0n) is 13.5. The fourth-order valence-electron chi connectivity index (χ4n) is 2.34. The van der Waals surface area contributed by atoms with Crippen molar-refractivity contribution in [2.75, 3.05) is 0 Å². The molecule has 0 aliphatic rings. The first-order valence-corrected chi connectivity index (χ1v) is 8.68. The molecular formula is C21H17BrO3. The molecule has 0 fully saturated rings. The van der Waals surface area contributed by atoms with Crippen LogP contribution in [0.5, 0.6) is 11.5 Å². The summed E-state index contributed by atoms with van der Waals surface area (Å²) in [4.78, 5) is 11.3. The van der Waals surface area contributed by atoms with E-state index in [4.69, 9.17) is 9.47 Å². The van der Waals surface area contributed by atoms with Crippen molar-refractivity contribution in [2.24, 2.45) is 0 Å². The smallest absolute Gasteiger partial charge is 0.151 e. The van der Waals surface area contributed by atoms with Crippen LogP contribution in [-0.2, 0) is 13.2 Å². The number of carbonyl (C=O) groups is 1. The third-order valence-corrected chi connectivity index (χ3v) is 4.50. The predicted octanol–water partition coefficient (Wildman–Crippen LogP) is 5.42. The molecule has 3 aromatic rings. The van der Waals surface area contributed by atoms with Crippen LogP contribution in [0.1, 0.15) is 21.5 Å². The molecule has 4 heteroatoms. The first kappa shape index (κ1) is 17.2. The van der Waals surface area contributed by atoms with E-state index in [0.29, 0.717) is 34.7 Å². The standard InChI is InChI=1S/C21H17BrO3/c22-21-18(13-23)11-19(24-14-16-7-3-1-4-8-16)12-20(21)25-15-17-9-5-2-6-10-17/h1-13H,14-15H2. The predicted molar refractivity (Wildman–Crippen MR) is 101 cm³/mol. The van der Waals surface area contributed by atoms with Gasteiger partial charge in [0.05, 0.1) is 4.47 Å². The van der Waals surface area contributed by atoms with Crippen molar-refractivity contribution in [1.82, 2.24) is 0 Å². The average Bonchev–Trinajstić information content (AvgIpc) is 2.67. The maximum Gasteiger partial charge on any atom is 0.151 e. The molecule has 0 aromatic heterocycles. The van der Waals surface area contributed by atoms with Gasteiger partial charge in [0.25, 0.3) is 0 Å². The highest BCUT2D eigenvalue weighted by Gasteiger charge is 2.11. The van der Waals surface area contributed by atoms with Gasteiger partial charge in [-0.05, 0) is 33.1 Å². The zero-order chi connectivity index (χ0) is 17.5. The maximum atomic E-state index is 11.3. The van der Waals surface area contributed by atoms with E-state index in [1.54, 1.807) is 12.1 Å². The molecule has 0 saturated heterocycles. The summed E-state index contributed by atoms with van der Waals surface area (Å²) < 4.78 is 12.3. The normalized spacial score (nSPS) is 10.3. The van der Waals surface area contributed by atoms with Crippen molar-refractivity contribution in [3.05, 3.63) is 94.0 Å². The quantitative estimate of drug-likeness (QED) is 0.500. The third kappa shape index (κ3) is 4.70. The SMILES string of the molecule is O=Cc1cc(OCc2ccccc2)cc(OCc2ccccc2)c1Br. The summed E-state index contributed by atoms with van der Waals surface area (Å²) in [6, 6.07) is 23.2. The Balaban J connectivity index is 1.76. The van der Waals surface area contributed by atoms with Crippen molar-refractivity contribution < 1.29 is 14.3 Å². The minimum atomic E-state index is 0.417. The van der Waals surface area contributed by atoms with E-state index in [0.717, 1.165) is 17.4 Å². The molecule has 0 aliphatic heterocycles. The Morgan fingerprint density at radius 2 is 1.36 bits per heavy atom. The lowest BCUT2D eigenvalue weighted by atomic mass is 10.2. The van der Waals surface area contributed by atoms with E-state index < -0.39 is 0 Å². The lowest BCUT2D eigenvalue weighted by molar-refractivity contribution is 0.112. The van der Waals surface area contributed by atoms with Gasteiger partial charge in [-0.25, -0.2) is 0 Å². The van der Waals surface area contributed by atoms with Crippen LogP contribution in [0.25, 0.3) is 0 Å². The van der Waals surface area contributed by atoms with E-state index in [9.17, 15) is 4.79 Å². The zero-order valence-corrected chi connectivity index (χ0v) is 15.1. The highest BCUT2D eigenvalue weighted by atomic mass is 79.9. The maximum absolute atomic E-state index is 11.3. The summed E-state index contributed by atoms with van der Waals surface area (Å²) in [6.45, 7) is 0.846. The molecule has 0 amide bonds. The Morgan fingerprint density at radius 3 is 1.92 bits per heavy atom. The lowest BCUT2D eigenvalue weighted by Gasteiger charge is -2.13. The topological polar surface area (TPSA) is 35.5 Å². The number of hydrogen-bond acceptors (Lipinski definition) is 3. The summed E-state index contributed by atoms with van der Waals surface area (Å²) in [5, 5.41) is 0. The van der Waals surface area contributed by atoms with Crippen LogP contribution < -0.4 is 9.47 Å². The van der Waals surface area contributed by atoms with Gasteiger partial charge in [0, 0.05) is 11.6 Å². The van der Waals surface area contributed by atoms with Crippen molar-refractivity contribution in [3.63, 3.8) is 0 Å². The van der Waals surface area contributed by atoms with E-state index in [-0.39, 0.29) is 0 Å². The third-order valence-electron chi connectivity index (χ3n) is 3.65. The molecule has 0 atom stereocenters. The molecule has 0 unspecified atom stereocenters. The van der Waals surface area contributed by atoms with Gasteiger partial charge in [0.15, 0.2) is 6.29 Å². The van der Waals surface area contributed by atoms with Crippen LogP contribution in [0, 0.1) is 0 Å². The highest BCUT2D eigenvalue weighted by molar-refractivity contribution is 9.10. The van der Waals surface area contributed by atoms with Crippen LogP contribution in [0.4, 0.5) is 0 Å². The van der Waals surface area contributed by atoms with Gasteiger partial charge >= 0.3 is 0 Å². The molecule has 0 radical (unpaired) electrons. The molecule has 0 saturated carbocycles. The minimum absolute atomic E-state index is 0.417. The second-order valence-corrected chi connectivity index (χ2v) is 6.28. The second-order valence-electron chi connectivity index (χ2n) is 5.49. The Morgan fingerprint density at radius 1 is 0.800 bits per heavy atom. The van der Waals surface area contributed by atoms with Crippen LogP contribution in [0.15, 0.2) is 77.3 Å². The molecule has 0 bridgehead atoms. The van der Waals surface area contributed by atoms with Crippen molar-refractivity contribution >= 4 is 22.2 Å². The first-order chi connectivity index (χ1) is 12.3. The second kappa shape index (κ2) is 8.49. The lowest BCUT2D eigenvalue weighted by Crippen LogP contribution is -2.00. The number of aldehydes is 1. The number of carbonyl (C=O) groups excluding carboxylic acids is 1. The molecule has 126 valence electrons. The Kier molecular flexibility index (Phi) is 5.86. The van der Waals surface area contributed by atoms with Gasteiger partial charge in [0.2, 0.25) is 0 Å². The Bertz CT molecular complexity index is 833. The summed E-state index contributed by atoms with van der Waals surface area (Å²) in [5.74, 6) is 1.17. The summed E-state index contributed by atoms with van der Waals surface area (Å²) in [7, 11) is 0. The molecule has 0 aliphatic carbocycles. The molecular weight excluding hydrogens is 380 g/mol. The molecule has 3 nitrogen and oxygen atoms in total. The van der Waals surface area contributed by atoms with Gasteiger partial charge in [-0.15, -0.1) is 0 Å². The number of rotatable bonds is 7. The van der Waals surface area contributed by atoms with Crippen LogP contribution >= 0.6 is 15.9 Å². The fourth-order valence-corrected chi connectivity index (χ4v) is 2.78. The van der Waals surface area contributed by atoms with Gasteiger partial charge in [-0.1, -0.05) is 60.7 Å². The Labute approximate surface area is 155 Å². The van der Waals surface area contributed by atoms with Gasteiger partial charge < -0.3 is 9.47 Å². The molecule has 0 heterocycles. The summed E-state index contributed by atoms with van der Waals surface area (Å²) >= 11 is 3.43.